The van der Waals surface area contributed by atoms with Crippen LogP contribution in [0.15, 0.2) is 212 Å². The summed E-state index contributed by atoms with van der Waals surface area (Å²) in [5, 5.41) is 11.9. The molecule has 0 aromatic heterocycles. The minimum atomic E-state index is -1.77. The summed E-state index contributed by atoms with van der Waals surface area (Å²) in [5.41, 5.74) is 2.98. The molecule has 76 heavy (non-hydrogen) atoms. The van der Waals surface area contributed by atoms with Crippen LogP contribution in [0.1, 0.15) is 58.1 Å². The van der Waals surface area contributed by atoms with E-state index < -0.39 is 91.9 Å². The average molecular weight is 1030 g/mol. The van der Waals surface area contributed by atoms with Crippen LogP contribution in [-0.4, -0.2) is 104 Å². The molecule has 2 fully saturated rings. The lowest BCUT2D eigenvalue weighted by molar-refractivity contribution is -0.363. The molecule has 0 aliphatic carbocycles. The Morgan fingerprint density at radius 3 is 1.20 bits per heavy atom. The summed E-state index contributed by atoms with van der Waals surface area (Å²) >= 11 is 0. The summed E-state index contributed by atoms with van der Waals surface area (Å²) in [7, 11) is 0. The largest absolute Gasteiger partial charge is 0.459 e. The van der Waals surface area contributed by atoms with Gasteiger partial charge in [0.15, 0.2) is 30.9 Å². The lowest BCUT2D eigenvalue weighted by atomic mass is 9.95. The molecule has 2 saturated heterocycles. The normalized spacial score (nSPS) is 23.1. The van der Waals surface area contributed by atoms with E-state index in [2.05, 4.69) is 0 Å². The van der Waals surface area contributed by atoms with Crippen molar-refractivity contribution in [3.63, 3.8) is 0 Å². The van der Waals surface area contributed by atoms with E-state index in [0.717, 1.165) is 16.7 Å². The summed E-state index contributed by atoms with van der Waals surface area (Å²) in [5.74, 6) is -3.38. The number of esters is 4. The van der Waals surface area contributed by atoms with Crippen molar-refractivity contribution in [2.24, 2.45) is 0 Å². The fraction of sp³-hybridized carbons (Fsp3) is 0.246. The number of aliphatic hydroxyl groups excluding tert-OH is 1. The third kappa shape index (κ3) is 14.1. The molecule has 2 aliphatic rings. The highest BCUT2D eigenvalue weighted by atomic mass is 16.8. The second-order valence-electron chi connectivity index (χ2n) is 17.9. The number of rotatable bonds is 21. The molecule has 1 N–H and O–H groups in total. The maximum atomic E-state index is 14.5. The van der Waals surface area contributed by atoms with E-state index >= 15 is 0 Å². The molecular formula is C61H56O15. The molecular weight excluding hydrogens is 973 g/mol. The Balaban J connectivity index is 1.15. The monoisotopic (exact) mass is 1030 g/mol. The highest BCUT2D eigenvalue weighted by Crippen LogP contribution is 2.36. The Bertz CT molecular complexity index is 2900. The molecule has 10 atom stereocenters. The lowest BCUT2D eigenvalue weighted by Crippen LogP contribution is -2.67. The van der Waals surface area contributed by atoms with Crippen molar-refractivity contribution < 1.29 is 71.7 Å². The Morgan fingerprint density at radius 1 is 0.368 bits per heavy atom. The van der Waals surface area contributed by atoms with Gasteiger partial charge in [0.05, 0.1) is 48.7 Å². The molecule has 7 aromatic rings. The third-order valence-electron chi connectivity index (χ3n) is 12.6. The van der Waals surface area contributed by atoms with Gasteiger partial charge < -0.3 is 52.5 Å². The molecule has 0 saturated carbocycles. The predicted octanol–water partition coefficient (Wildman–Crippen LogP) is 8.74. The maximum Gasteiger partial charge on any atom is 0.338 e. The number of carbonyl (C=O) groups is 4. The van der Waals surface area contributed by atoms with Gasteiger partial charge in [-0.05, 0) is 65.2 Å². The Morgan fingerprint density at radius 2 is 0.737 bits per heavy atom. The van der Waals surface area contributed by atoms with Crippen molar-refractivity contribution in [2.75, 3.05) is 13.2 Å². The Hall–Kier alpha value is -7.86. The van der Waals surface area contributed by atoms with Gasteiger partial charge in [0.1, 0.15) is 37.1 Å². The van der Waals surface area contributed by atoms with Gasteiger partial charge in [0, 0.05) is 0 Å². The van der Waals surface area contributed by atoms with Gasteiger partial charge in [0.25, 0.3) is 0 Å². The number of benzene rings is 7. The van der Waals surface area contributed by atoms with Gasteiger partial charge in [-0.1, -0.05) is 164 Å². The van der Waals surface area contributed by atoms with Crippen molar-refractivity contribution in [3.8, 4) is 0 Å². The number of aliphatic hydroxyl groups is 1. The van der Waals surface area contributed by atoms with Gasteiger partial charge in [-0.25, -0.2) is 19.2 Å². The van der Waals surface area contributed by atoms with Crippen LogP contribution in [0, 0.1) is 0 Å². The molecule has 9 rings (SSSR count). The van der Waals surface area contributed by atoms with E-state index in [-0.39, 0.29) is 48.7 Å². The number of hydrogen-bond donors (Lipinski definition) is 1. The standard InChI is InChI=1S/C61H56O15/c62-56(44-28-14-4-15-29-44)70-40-49-51(73-57(63)45-30-16-5-17-31-45)53(74-58(64)46-32-18-6-19-33-46)55(75-59(65)47-34-20-7-21-35-47)61(72-49)76-50-48(39-67-36-41-22-8-1-9-23-41)71-60(66)54(69-38-43-26-12-3-13-27-43)52(50)68-37-42-24-10-2-11-25-42/h1-35,48-55,60-61,66H,36-40H2/t48-,49-,50-,51-,52+,53+,54+,55+,60+,61-/m1/s1. The molecule has 0 unspecified atom stereocenters. The minimum absolute atomic E-state index is 0.00566. The Kier molecular flexibility index (Phi) is 18.5. The topological polar surface area (TPSA) is 181 Å². The number of carbonyl (C=O) groups excluding carboxylic acids is 4. The number of ether oxygens (including phenoxy) is 10. The highest BCUT2D eigenvalue weighted by Gasteiger charge is 2.57. The van der Waals surface area contributed by atoms with E-state index in [1.165, 1.54) is 36.4 Å². The first-order valence-corrected chi connectivity index (χ1v) is 24.8. The van der Waals surface area contributed by atoms with E-state index in [0.29, 0.717) is 0 Å². The molecule has 0 amide bonds. The second kappa shape index (κ2) is 26.6. The fourth-order valence-electron chi connectivity index (χ4n) is 8.75. The van der Waals surface area contributed by atoms with Crippen LogP contribution < -0.4 is 0 Å². The predicted molar refractivity (Wildman–Crippen MR) is 274 cm³/mol. The van der Waals surface area contributed by atoms with Crippen LogP contribution >= 0.6 is 0 Å². The zero-order chi connectivity index (χ0) is 52.5. The summed E-state index contributed by atoms with van der Waals surface area (Å²) in [6, 6.07) is 60.5. The van der Waals surface area contributed by atoms with E-state index in [9.17, 15) is 24.3 Å². The van der Waals surface area contributed by atoms with Crippen LogP contribution in [0.25, 0.3) is 0 Å². The van der Waals surface area contributed by atoms with Crippen molar-refractivity contribution in [1.82, 2.24) is 0 Å². The van der Waals surface area contributed by atoms with E-state index in [1.807, 2.05) is 91.0 Å². The molecule has 0 radical (unpaired) electrons. The van der Waals surface area contributed by atoms with Gasteiger partial charge in [-0.3, -0.25) is 0 Å². The molecule has 7 aromatic carbocycles. The van der Waals surface area contributed by atoms with E-state index in [4.69, 9.17) is 47.4 Å². The van der Waals surface area contributed by atoms with Gasteiger partial charge >= 0.3 is 23.9 Å². The van der Waals surface area contributed by atoms with Gasteiger partial charge in [-0.15, -0.1) is 0 Å². The van der Waals surface area contributed by atoms with Gasteiger partial charge in [0.2, 0.25) is 0 Å². The molecule has 0 bridgehead atoms. The maximum absolute atomic E-state index is 14.5. The van der Waals surface area contributed by atoms with Crippen LogP contribution in [-0.2, 0) is 67.2 Å². The average Bonchev–Trinajstić information content (AvgIpc) is 3.50. The second-order valence-corrected chi connectivity index (χ2v) is 17.9. The first-order valence-electron chi connectivity index (χ1n) is 24.8. The third-order valence-corrected chi connectivity index (χ3v) is 12.6. The van der Waals surface area contributed by atoms with Gasteiger partial charge in [-0.2, -0.15) is 0 Å². The fourth-order valence-corrected chi connectivity index (χ4v) is 8.75. The molecule has 2 heterocycles. The van der Waals surface area contributed by atoms with Crippen molar-refractivity contribution in [3.05, 3.63) is 251 Å². The highest BCUT2D eigenvalue weighted by molar-refractivity contribution is 5.91. The lowest BCUT2D eigenvalue weighted by Gasteiger charge is -2.49. The Labute approximate surface area is 439 Å². The van der Waals surface area contributed by atoms with Crippen LogP contribution in [0.4, 0.5) is 0 Å². The first kappa shape index (κ1) is 53.0. The molecule has 2 aliphatic heterocycles. The minimum Gasteiger partial charge on any atom is -0.459 e. The summed E-state index contributed by atoms with van der Waals surface area (Å²) in [6.45, 7) is -0.608. The SMILES string of the molecule is O=C(OC[C@H]1O[C@H](O[C@H]2[C@H](OCc3ccccc3)[C@H](OCc3ccccc3)[C@@H](O)O[C@@H]2COCc2ccccc2)[C@@H](OC(=O)c2ccccc2)[C@@H](OC(=O)c2ccccc2)[C@@H]1OC(=O)c1ccccc1)c1ccccc1. The molecule has 390 valence electrons. The van der Waals surface area contributed by atoms with Crippen LogP contribution in [0.5, 0.6) is 0 Å². The van der Waals surface area contributed by atoms with Crippen LogP contribution in [0.3, 0.4) is 0 Å². The van der Waals surface area contributed by atoms with Crippen molar-refractivity contribution >= 4 is 23.9 Å². The molecule has 15 nitrogen and oxygen atoms in total. The molecule has 15 heteroatoms. The molecule has 0 spiro atoms. The first-order chi connectivity index (χ1) is 37.3. The quantitative estimate of drug-likeness (QED) is 0.0533. The summed E-state index contributed by atoms with van der Waals surface area (Å²) in [6.07, 6.45) is -14.9. The van der Waals surface area contributed by atoms with Crippen molar-refractivity contribution in [2.45, 2.75) is 81.2 Å². The van der Waals surface area contributed by atoms with Crippen molar-refractivity contribution in [1.29, 1.82) is 0 Å². The van der Waals surface area contributed by atoms with Crippen LogP contribution in [0.2, 0.25) is 0 Å². The summed E-state index contributed by atoms with van der Waals surface area (Å²) < 4.78 is 64.8. The number of hydrogen-bond acceptors (Lipinski definition) is 15. The van der Waals surface area contributed by atoms with E-state index in [1.54, 1.807) is 84.9 Å². The zero-order valence-electron chi connectivity index (χ0n) is 41.2. The summed E-state index contributed by atoms with van der Waals surface area (Å²) in [4.78, 5) is 56.8. The zero-order valence-corrected chi connectivity index (χ0v) is 41.2. The smallest absolute Gasteiger partial charge is 0.338 e.